The van der Waals surface area contributed by atoms with E-state index in [4.69, 9.17) is 0 Å². The van der Waals surface area contributed by atoms with Crippen molar-refractivity contribution in [3.63, 3.8) is 0 Å². The van der Waals surface area contributed by atoms with Crippen molar-refractivity contribution in [3.8, 4) is 27.9 Å². The molecule has 12 rings (SSSR count). The molecular weight excluding hydrogens is 673 g/mol. The van der Waals surface area contributed by atoms with Crippen LogP contribution in [0.25, 0.3) is 70.0 Å². The maximum Gasteiger partial charge on any atom is 0.198 e. The van der Waals surface area contributed by atoms with Gasteiger partial charge in [0.15, 0.2) is 7.28 Å². The minimum absolute atomic E-state index is 0.184. The minimum atomic E-state index is -0.184. The molecule has 5 heteroatoms. The predicted molar refractivity (Wildman–Crippen MR) is 232 cm³/mol. The number of aromatic nitrogens is 2. The largest absolute Gasteiger partial charge is 0.346 e. The van der Waals surface area contributed by atoms with Crippen LogP contribution in [-0.2, 0) is 5.41 Å². The van der Waals surface area contributed by atoms with E-state index in [-0.39, 0.29) is 5.41 Å². The maximum atomic E-state index is 3.95. The van der Waals surface area contributed by atoms with Crippen LogP contribution in [0.3, 0.4) is 0 Å². The molecule has 0 bridgehead atoms. The highest BCUT2D eigenvalue weighted by Crippen LogP contribution is 2.54. The standard InChI is InChI=1S/C49H34BN3S/c1-49(2)38-24-11-9-19-33(38)42-36-23-14-25-39-46(36)53(47(42)49)40-28-31(52(29-15-5-3-6-16-29)30-17-7-4-8-18-30)27-37(44(40)50-39)32-21-13-22-35-43-34-20-10-12-26-41(34)54-48(43)51-45(32)35/h3-28,50-51H,1-2H3. The number of H-pyrrole nitrogens is 1. The van der Waals surface area contributed by atoms with Gasteiger partial charge in [0, 0.05) is 76.7 Å². The van der Waals surface area contributed by atoms with E-state index in [1.54, 1.807) is 0 Å². The number of fused-ring (bicyclic) bond motifs is 12. The van der Waals surface area contributed by atoms with Gasteiger partial charge in [0.05, 0.1) is 5.52 Å². The summed E-state index contributed by atoms with van der Waals surface area (Å²) in [4.78, 5) is 7.60. The summed E-state index contributed by atoms with van der Waals surface area (Å²) >= 11 is 1.85. The number of rotatable bonds is 4. The lowest BCUT2D eigenvalue weighted by atomic mass is 9.59. The number of thiophene rings is 1. The highest BCUT2D eigenvalue weighted by Gasteiger charge is 2.42. The van der Waals surface area contributed by atoms with Gasteiger partial charge in [-0.2, -0.15) is 0 Å². The number of nitrogens with zero attached hydrogens (tertiary/aromatic N) is 2. The van der Waals surface area contributed by atoms with Gasteiger partial charge in [-0.1, -0.05) is 135 Å². The molecule has 3 nitrogen and oxygen atoms in total. The molecule has 0 saturated heterocycles. The lowest BCUT2D eigenvalue weighted by molar-refractivity contribution is 0.624. The molecule has 0 fully saturated rings. The molecule has 4 heterocycles. The normalized spacial score (nSPS) is 13.7. The molecule has 0 atom stereocenters. The van der Waals surface area contributed by atoms with Crippen LogP contribution in [0.5, 0.6) is 0 Å². The lowest BCUT2D eigenvalue weighted by Crippen LogP contribution is -2.39. The zero-order valence-corrected chi connectivity index (χ0v) is 30.8. The molecule has 10 aromatic rings. The lowest BCUT2D eigenvalue weighted by Gasteiger charge is -2.32. The van der Waals surface area contributed by atoms with Crippen LogP contribution >= 0.6 is 11.3 Å². The molecule has 0 saturated carbocycles. The minimum Gasteiger partial charge on any atom is -0.346 e. The monoisotopic (exact) mass is 707 g/mol. The van der Waals surface area contributed by atoms with Crippen molar-refractivity contribution >= 4 is 88.7 Å². The van der Waals surface area contributed by atoms with E-state index >= 15 is 0 Å². The van der Waals surface area contributed by atoms with Crippen molar-refractivity contribution in [2.24, 2.45) is 0 Å². The highest BCUT2D eigenvalue weighted by atomic mass is 32.1. The van der Waals surface area contributed by atoms with Crippen molar-refractivity contribution < 1.29 is 0 Å². The van der Waals surface area contributed by atoms with E-state index in [1.807, 2.05) is 11.3 Å². The van der Waals surface area contributed by atoms with E-state index < -0.39 is 0 Å². The van der Waals surface area contributed by atoms with Crippen LogP contribution in [0.1, 0.15) is 25.1 Å². The molecule has 7 aromatic carbocycles. The third-order valence-corrected chi connectivity index (χ3v) is 13.2. The van der Waals surface area contributed by atoms with Crippen LogP contribution < -0.4 is 15.8 Å². The van der Waals surface area contributed by atoms with Gasteiger partial charge in [-0.25, -0.2) is 0 Å². The molecule has 0 spiro atoms. The Morgan fingerprint density at radius 3 is 2.09 bits per heavy atom. The first-order chi connectivity index (χ1) is 26.6. The van der Waals surface area contributed by atoms with Crippen molar-refractivity contribution in [3.05, 3.63) is 169 Å². The Balaban J connectivity index is 1.22. The first-order valence-corrected chi connectivity index (χ1v) is 19.6. The molecule has 3 aromatic heterocycles. The number of benzene rings is 7. The van der Waals surface area contributed by atoms with Crippen LogP contribution in [0.15, 0.2) is 158 Å². The Labute approximate surface area is 318 Å². The summed E-state index contributed by atoms with van der Waals surface area (Å²) in [5.41, 5.74) is 17.8. The number of para-hydroxylation sites is 4. The van der Waals surface area contributed by atoms with E-state index in [9.17, 15) is 0 Å². The van der Waals surface area contributed by atoms with Crippen LogP contribution in [0, 0.1) is 0 Å². The topological polar surface area (TPSA) is 24.0 Å². The quantitative estimate of drug-likeness (QED) is 0.181. The van der Waals surface area contributed by atoms with E-state index in [0.717, 1.165) is 24.3 Å². The van der Waals surface area contributed by atoms with Crippen molar-refractivity contribution in [1.82, 2.24) is 9.55 Å². The van der Waals surface area contributed by atoms with Gasteiger partial charge in [-0.15, -0.1) is 11.3 Å². The van der Waals surface area contributed by atoms with Crippen molar-refractivity contribution in [2.75, 3.05) is 4.90 Å². The van der Waals surface area contributed by atoms with Gasteiger partial charge in [0.2, 0.25) is 0 Å². The zero-order valence-electron chi connectivity index (χ0n) is 30.0. The number of nitrogens with one attached hydrogen (secondary N) is 1. The van der Waals surface area contributed by atoms with Crippen LogP contribution in [0.4, 0.5) is 17.1 Å². The molecule has 254 valence electrons. The molecule has 0 amide bonds. The Kier molecular flexibility index (Phi) is 6.08. The Morgan fingerprint density at radius 1 is 0.611 bits per heavy atom. The SMILES string of the molecule is CC1(C)c2ccccc2-c2c1n1c3c(cccc23)Bc2c(-c3cccc4c3[nH]c3sc5ccccc5c34)cc(N(c3ccccc3)c3ccccc3)cc2-1. The van der Waals surface area contributed by atoms with Gasteiger partial charge in [-0.05, 0) is 64.6 Å². The molecule has 0 unspecified atom stereocenters. The molecule has 1 aliphatic heterocycles. The molecular formula is C49H34BN3S. The number of anilines is 3. The summed E-state index contributed by atoms with van der Waals surface area (Å²) in [6, 6.07) is 58.3. The summed E-state index contributed by atoms with van der Waals surface area (Å²) in [5.74, 6) is 0. The highest BCUT2D eigenvalue weighted by molar-refractivity contribution is 7.25. The fourth-order valence-corrected chi connectivity index (χ4v) is 11.0. The van der Waals surface area contributed by atoms with E-state index in [2.05, 4.69) is 186 Å². The van der Waals surface area contributed by atoms with Gasteiger partial charge >= 0.3 is 0 Å². The number of aromatic amines is 1. The van der Waals surface area contributed by atoms with Crippen molar-refractivity contribution in [2.45, 2.75) is 19.3 Å². The van der Waals surface area contributed by atoms with Gasteiger partial charge in [0.1, 0.15) is 4.83 Å². The average molecular weight is 708 g/mol. The summed E-state index contributed by atoms with van der Waals surface area (Å²) in [7, 11) is 0.859. The first kappa shape index (κ1) is 30.2. The Morgan fingerprint density at radius 2 is 1.28 bits per heavy atom. The zero-order chi connectivity index (χ0) is 35.7. The summed E-state index contributed by atoms with van der Waals surface area (Å²) in [5, 5.41) is 5.26. The van der Waals surface area contributed by atoms with Gasteiger partial charge in [0.25, 0.3) is 0 Å². The fraction of sp³-hybridized carbons (Fsp3) is 0.0612. The molecule has 1 N–H and O–H groups in total. The molecule has 54 heavy (non-hydrogen) atoms. The second-order valence-corrected chi connectivity index (χ2v) is 16.4. The van der Waals surface area contributed by atoms with E-state index in [0.29, 0.717) is 0 Å². The maximum absolute atomic E-state index is 3.95. The third-order valence-electron chi connectivity index (χ3n) is 12.1. The molecule has 1 aliphatic carbocycles. The third kappa shape index (κ3) is 3.97. The Hall–Kier alpha value is -6.30. The van der Waals surface area contributed by atoms with Crippen LogP contribution in [-0.4, -0.2) is 16.8 Å². The molecule has 2 aliphatic rings. The van der Waals surface area contributed by atoms with Gasteiger partial charge < -0.3 is 14.5 Å². The first-order valence-electron chi connectivity index (χ1n) is 18.8. The van der Waals surface area contributed by atoms with Gasteiger partial charge in [-0.3, -0.25) is 0 Å². The van der Waals surface area contributed by atoms with Crippen LogP contribution in [0.2, 0.25) is 0 Å². The number of hydrogen-bond donors (Lipinski definition) is 1. The summed E-state index contributed by atoms with van der Waals surface area (Å²) < 4.78 is 3.97. The molecule has 0 radical (unpaired) electrons. The van der Waals surface area contributed by atoms with Crippen molar-refractivity contribution in [1.29, 1.82) is 0 Å². The fourth-order valence-electron chi connectivity index (χ4n) is 9.85. The van der Waals surface area contributed by atoms with E-state index in [1.165, 1.54) is 92.2 Å². The Bertz CT molecular complexity index is 3130. The number of hydrogen-bond acceptors (Lipinski definition) is 2. The summed E-state index contributed by atoms with van der Waals surface area (Å²) in [6.45, 7) is 4.82. The summed E-state index contributed by atoms with van der Waals surface area (Å²) in [6.07, 6.45) is 0. The smallest absolute Gasteiger partial charge is 0.198 e. The second-order valence-electron chi connectivity index (χ2n) is 15.4. The second kappa shape index (κ2) is 10.9. The predicted octanol–water partition coefficient (Wildman–Crippen LogP) is 11.6. The average Bonchev–Trinajstić information content (AvgIpc) is 3.93.